The summed E-state index contributed by atoms with van der Waals surface area (Å²) in [5.74, 6) is 0. The SMILES string of the molecule is CCC(CN)Nc1ccc(C)c(Cl)c1. The lowest BCUT2D eigenvalue weighted by molar-refractivity contribution is 0.704. The first-order chi connectivity index (χ1) is 6.67. The molecular weight excluding hydrogens is 196 g/mol. The Hall–Kier alpha value is -0.730. The normalized spacial score (nSPS) is 12.6. The van der Waals surface area contributed by atoms with Crippen molar-refractivity contribution >= 4 is 17.3 Å². The molecule has 0 amide bonds. The second-order valence-corrected chi connectivity index (χ2v) is 3.86. The number of anilines is 1. The van der Waals surface area contributed by atoms with Crippen LogP contribution in [0.5, 0.6) is 0 Å². The van der Waals surface area contributed by atoms with Crippen LogP contribution in [0.4, 0.5) is 5.69 Å². The van der Waals surface area contributed by atoms with E-state index in [0.29, 0.717) is 12.6 Å². The predicted molar refractivity (Wildman–Crippen MR) is 62.9 cm³/mol. The Morgan fingerprint density at radius 1 is 1.50 bits per heavy atom. The van der Waals surface area contributed by atoms with Gasteiger partial charge in [0.1, 0.15) is 0 Å². The number of hydrogen-bond donors (Lipinski definition) is 2. The minimum absolute atomic E-state index is 0.328. The van der Waals surface area contributed by atoms with E-state index < -0.39 is 0 Å². The third kappa shape index (κ3) is 2.89. The first-order valence-electron chi connectivity index (χ1n) is 4.90. The maximum Gasteiger partial charge on any atom is 0.0455 e. The van der Waals surface area contributed by atoms with Crippen molar-refractivity contribution in [2.45, 2.75) is 26.3 Å². The van der Waals surface area contributed by atoms with Crippen molar-refractivity contribution in [2.24, 2.45) is 5.73 Å². The fraction of sp³-hybridized carbons (Fsp3) is 0.455. The van der Waals surface area contributed by atoms with Gasteiger partial charge < -0.3 is 11.1 Å². The van der Waals surface area contributed by atoms with Gasteiger partial charge in [-0.3, -0.25) is 0 Å². The summed E-state index contributed by atoms with van der Waals surface area (Å²) in [6, 6.07) is 6.30. The molecule has 1 atom stereocenters. The molecule has 0 saturated carbocycles. The second-order valence-electron chi connectivity index (χ2n) is 3.45. The number of hydrogen-bond acceptors (Lipinski definition) is 2. The first-order valence-corrected chi connectivity index (χ1v) is 5.28. The highest BCUT2D eigenvalue weighted by molar-refractivity contribution is 6.31. The highest BCUT2D eigenvalue weighted by Gasteiger charge is 2.03. The molecule has 0 aromatic heterocycles. The molecule has 1 aromatic carbocycles. The fourth-order valence-corrected chi connectivity index (χ4v) is 1.43. The maximum atomic E-state index is 6.01. The smallest absolute Gasteiger partial charge is 0.0455 e. The number of aryl methyl sites for hydroxylation is 1. The average Bonchev–Trinajstić information content (AvgIpc) is 2.19. The third-order valence-electron chi connectivity index (χ3n) is 2.32. The van der Waals surface area contributed by atoms with Crippen LogP contribution < -0.4 is 11.1 Å². The zero-order valence-electron chi connectivity index (χ0n) is 8.68. The molecule has 0 aliphatic heterocycles. The lowest BCUT2D eigenvalue weighted by atomic mass is 10.2. The Morgan fingerprint density at radius 2 is 2.21 bits per heavy atom. The van der Waals surface area contributed by atoms with Gasteiger partial charge in [-0.25, -0.2) is 0 Å². The fourth-order valence-electron chi connectivity index (χ4n) is 1.25. The molecule has 2 nitrogen and oxygen atoms in total. The highest BCUT2D eigenvalue weighted by Crippen LogP contribution is 2.20. The third-order valence-corrected chi connectivity index (χ3v) is 2.73. The van der Waals surface area contributed by atoms with Crippen LogP contribution in [-0.4, -0.2) is 12.6 Å². The van der Waals surface area contributed by atoms with Gasteiger partial charge in [-0.05, 0) is 31.0 Å². The van der Waals surface area contributed by atoms with Crippen LogP contribution in [0, 0.1) is 6.92 Å². The minimum atomic E-state index is 0.328. The van der Waals surface area contributed by atoms with E-state index in [1.54, 1.807) is 0 Å². The summed E-state index contributed by atoms with van der Waals surface area (Å²) in [7, 11) is 0. The predicted octanol–water partition coefficient (Wildman–Crippen LogP) is 2.80. The van der Waals surface area contributed by atoms with Gasteiger partial charge in [-0.15, -0.1) is 0 Å². The number of halogens is 1. The standard InChI is InChI=1S/C11H17ClN2/c1-3-9(7-13)14-10-5-4-8(2)11(12)6-10/h4-6,9,14H,3,7,13H2,1-2H3. The largest absolute Gasteiger partial charge is 0.381 e. The lowest BCUT2D eigenvalue weighted by Gasteiger charge is -2.16. The molecule has 0 aliphatic rings. The molecule has 1 aromatic rings. The van der Waals surface area contributed by atoms with E-state index in [2.05, 4.69) is 12.2 Å². The van der Waals surface area contributed by atoms with Crippen LogP contribution in [0.1, 0.15) is 18.9 Å². The minimum Gasteiger partial charge on any atom is -0.381 e. The monoisotopic (exact) mass is 212 g/mol. The Morgan fingerprint density at radius 3 is 2.71 bits per heavy atom. The average molecular weight is 213 g/mol. The highest BCUT2D eigenvalue weighted by atomic mass is 35.5. The molecule has 78 valence electrons. The van der Waals surface area contributed by atoms with Gasteiger partial charge >= 0.3 is 0 Å². The molecule has 3 heteroatoms. The van der Waals surface area contributed by atoms with Crippen LogP contribution in [0.2, 0.25) is 5.02 Å². The van der Waals surface area contributed by atoms with Crippen molar-refractivity contribution in [3.8, 4) is 0 Å². The summed E-state index contributed by atoms with van der Waals surface area (Å²) in [6.07, 6.45) is 1.02. The molecule has 14 heavy (non-hydrogen) atoms. The maximum absolute atomic E-state index is 6.01. The molecule has 1 rings (SSSR count). The Labute approximate surface area is 90.4 Å². The molecule has 0 radical (unpaired) electrons. The van der Waals surface area contributed by atoms with Gasteiger partial charge in [0.15, 0.2) is 0 Å². The van der Waals surface area contributed by atoms with Crippen LogP contribution in [-0.2, 0) is 0 Å². The lowest BCUT2D eigenvalue weighted by Crippen LogP contribution is -2.27. The van der Waals surface area contributed by atoms with Gasteiger partial charge in [0.25, 0.3) is 0 Å². The number of rotatable bonds is 4. The van der Waals surface area contributed by atoms with Crippen molar-refractivity contribution < 1.29 is 0 Å². The van der Waals surface area contributed by atoms with Gasteiger partial charge in [0, 0.05) is 23.3 Å². The summed E-state index contributed by atoms with van der Waals surface area (Å²) in [5.41, 5.74) is 7.74. The number of nitrogens with one attached hydrogen (secondary N) is 1. The van der Waals surface area contributed by atoms with Gasteiger partial charge in [-0.1, -0.05) is 24.6 Å². The van der Waals surface area contributed by atoms with Crippen LogP contribution in [0.25, 0.3) is 0 Å². The van der Waals surface area contributed by atoms with Crippen LogP contribution in [0.15, 0.2) is 18.2 Å². The Kier molecular flexibility index (Phi) is 4.23. The summed E-state index contributed by atoms with van der Waals surface area (Å²) in [6.45, 7) is 4.74. The van der Waals surface area contributed by atoms with Crippen LogP contribution >= 0.6 is 11.6 Å². The Bertz CT molecular complexity index is 295. The quantitative estimate of drug-likeness (QED) is 0.806. The van der Waals surface area contributed by atoms with E-state index in [0.717, 1.165) is 22.7 Å². The molecule has 3 N–H and O–H groups in total. The molecule has 0 fully saturated rings. The number of benzene rings is 1. The van der Waals surface area contributed by atoms with E-state index in [1.165, 1.54) is 0 Å². The summed E-state index contributed by atoms with van der Waals surface area (Å²) < 4.78 is 0. The van der Waals surface area contributed by atoms with E-state index in [9.17, 15) is 0 Å². The molecule has 0 spiro atoms. The second kappa shape index (κ2) is 5.23. The van der Waals surface area contributed by atoms with Gasteiger partial charge in [-0.2, -0.15) is 0 Å². The van der Waals surface area contributed by atoms with E-state index in [1.807, 2.05) is 25.1 Å². The zero-order valence-corrected chi connectivity index (χ0v) is 9.43. The summed E-state index contributed by atoms with van der Waals surface area (Å²) in [5, 5.41) is 4.13. The number of nitrogens with two attached hydrogens (primary N) is 1. The van der Waals surface area contributed by atoms with E-state index in [-0.39, 0.29) is 0 Å². The summed E-state index contributed by atoms with van der Waals surface area (Å²) in [4.78, 5) is 0. The molecule has 0 bridgehead atoms. The Balaban J connectivity index is 2.72. The van der Waals surface area contributed by atoms with E-state index in [4.69, 9.17) is 17.3 Å². The van der Waals surface area contributed by atoms with Crippen molar-refractivity contribution in [1.82, 2.24) is 0 Å². The van der Waals surface area contributed by atoms with Crippen molar-refractivity contribution in [1.29, 1.82) is 0 Å². The van der Waals surface area contributed by atoms with E-state index >= 15 is 0 Å². The topological polar surface area (TPSA) is 38.0 Å². The molecular formula is C11H17ClN2. The van der Waals surface area contributed by atoms with Gasteiger partial charge in [0.2, 0.25) is 0 Å². The summed E-state index contributed by atoms with van der Waals surface area (Å²) >= 11 is 6.01. The first kappa shape index (κ1) is 11.3. The molecule has 0 heterocycles. The molecule has 0 aliphatic carbocycles. The van der Waals surface area contributed by atoms with Crippen molar-refractivity contribution in [2.75, 3.05) is 11.9 Å². The van der Waals surface area contributed by atoms with Gasteiger partial charge in [0.05, 0.1) is 0 Å². The molecule has 1 unspecified atom stereocenters. The van der Waals surface area contributed by atoms with Crippen molar-refractivity contribution in [3.05, 3.63) is 28.8 Å². The van der Waals surface area contributed by atoms with Crippen molar-refractivity contribution in [3.63, 3.8) is 0 Å². The van der Waals surface area contributed by atoms with Crippen LogP contribution in [0.3, 0.4) is 0 Å². The zero-order chi connectivity index (χ0) is 10.6. The molecule has 0 saturated heterocycles.